The molecule has 1 aliphatic rings. The summed E-state index contributed by atoms with van der Waals surface area (Å²) in [6, 6.07) is 16.5. The average Bonchev–Trinajstić information content (AvgIpc) is 3.27. The summed E-state index contributed by atoms with van der Waals surface area (Å²) < 4.78 is 5.73. The molecule has 31 heavy (non-hydrogen) atoms. The van der Waals surface area contributed by atoms with Crippen LogP contribution in [-0.2, 0) is 11.2 Å². The first-order chi connectivity index (χ1) is 15.1. The van der Waals surface area contributed by atoms with Crippen molar-refractivity contribution in [2.45, 2.75) is 31.8 Å². The number of piperidine rings is 1. The SMILES string of the molecule is O=C(CCc1ncc(-c2ccccc2)o1)Nc1cccc(C(=O)N2CCCC(O)C2)c1. The third-order valence-electron chi connectivity index (χ3n) is 5.25. The van der Waals surface area contributed by atoms with Crippen LogP contribution in [0.25, 0.3) is 11.3 Å². The number of anilines is 1. The smallest absolute Gasteiger partial charge is 0.254 e. The van der Waals surface area contributed by atoms with Crippen molar-refractivity contribution in [1.82, 2.24) is 9.88 Å². The van der Waals surface area contributed by atoms with Crippen LogP contribution in [0.15, 0.2) is 65.2 Å². The largest absolute Gasteiger partial charge is 0.441 e. The summed E-state index contributed by atoms with van der Waals surface area (Å²) in [7, 11) is 0. The van der Waals surface area contributed by atoms with Gasteiger partial charge in [0.25, 0.3) is 5.91 Å². The van der Waals surface area contributed by atoms with Crippen LogP contribution >= 0.6 is 0 Å². The molecule has 4 rings (SSSR count). The molecule has 2 N–H and O–H groups in total. The summed E-state index contributed by atoms with van der Waals surface area (Å²) in [6.45, 7) is 0.976. The Balaban J connectivity index is 1.32. The number of benzene rings is 2. The standard InChI is InChI=1S/C24H25N3O4/c28-20-10-5-13-27(16-20)24(30)18-8-4-9-19(14-18)26-22(29)11-12-23-25-15-21(31-23)17-6-2-1-3-7-17/h1-4,6-9,14-15,20,28H,5,10-13,16H2,(H,26,29). The number of nitrogens with one attached hydrogen (secondary N) is 1. The van der Waals surface area contributed by atoms with E-state index in [9.17, 15) is 14.7 Å². The molecular formula is C24H25N3O4. The van der Waals surface area contributed by atoms with Gasteiger partial charge in [0.2, 0.25) is 5.91 Å². The maximum absolute atomic E-state index is 12.7. The van der Waals surface area contributed by atoms with E-state index < -0.39 is 6.10 Å². The van der Waals surface area contributed by atoms with E-state index in [1.807, 2.05) is 30.3 Å². The van der Waals surface area contributed by atoms with Gasteiger partial charge in [0.05, 0.1) is 12.3 Å². The number of aliphatic hydroxyl groups excluding tert-OH is 1. The minimum Gasteiger partial charge on any atom is -0.441 e. The van der Waals surface area contributed by atoms with Gasteiger partial charge in [-0.15, -0.1) is 0 Å². The van der Waals surface area contributed by atoms with Crippen LogP contribution in [-0.4, -0.2) is 46.0 Å². The predicted octanol–water partition coefficient (Wildman–Crippen LogP) is 3.51. The molecule has 2 aromatic carbocycles. The number of amides is 2. The topological polar surface area (TPSA) is 95.7 Å². The number of nitrogens with zero attached hydrogens (tertiary/aromatic N) is 2. The molecule has 0 bridgehead atoms. The molecular weight excluding hydrogens is 394 g/mol. The van der Waals surface area contributed by atoms with Crippen molar-refractivity contribution in [3.63, 3.8) is 0 Å². The zero-order valence-corrected chi connectivity index (χ0v) is 17.2. The summed E-state index contributed by atoms with van der Waals surface area (Å²) >= 11 is 0. The van der Waals surface area contributed by atoms with Crippen LogP contribution in [0.2, 0.25) is 0 Å². The lowest BCUT2D eigenvalue weighted by Gasteiger charge is -2.30. The van der Waals surface area contributed by atoms with E-state index in [4.69, 9.17) is 4.42 Å². The summed E-state index contributed by atoms with van der Waals surface area (Å²) in [6.07, 6.45) is 3.29. The normalized spacial score (nSPS) is 16.2. The van der Waals surface area contributed by atoms with Crippen molar-refractivity contribution in [1.29, 1.82) is 0 Å². The van der Waals surface area contributed by atoms with E-state index >= 15 is 0 Å². The van der Waals surface area contributed by atoms with Crippen LogP contribution in [0.3, 0.4) is 0 Å². The van der Waals surface area contributed by atoms with Gasteiger partial charge in [-0.1, -0.05) is 36.4 Å². The first kappa shape index (κ1) is 20.8. The summed E-state index contributed by atoms with van der Waals surface area (Å²) in [5, 5.41) is 12.6. The fourth-order valence-electron chi connectivity index (χ4n) is 3.66. The number of hydrogen-bond donors (Lipinski definition) is 2. The first-order valence-corrected chi connectivity index (χ1v) is 10.5. The van der Waals surface area contributed by atoms with Crippen molar-refractivity contribution in [2.24, 2.45) is 0 Å². The molecule has 1 fully saturated rings. The molecule has 1 unspecified atom stereocenters. The van der Waals surface area contributed by atoms with Crippen molar-refractivity contribution in [2.75, 3.05) is 18.4 Å². The monoisotopic (exact) mass is 419 g/mol. The highest BCUT2D eigenvalue weighted by Crippen LogP contribution is 2.21. The highest BCUT2D eigenvalue weighted by Gasteiger charge is 2.23. The Morgan fingerprint density at radius 1 is 1.16 bits per heavy atom. The van der Waals surface area contributed by atoms with Gasteiger partial charge in [0, 0.05) is 42.7 Å². The van der Waals surface area contributed by atoms with Crippen LogP contribution < -0.4 is 5.32 Å². The number of aromatic nitrogens is 1. The van der Waals surface area contributed by atoms with Crippen molar-refractivity contribution >= 4 is 17.5 Å². The van der Waals surface area contributed by atoms with Gasteiger partial charge >= 0.3 is 0 Å². The lowest BCUT2D eigenvalue weighted by molar-refractivity contribution is -0.116. The lowest BCUT2D eigenvalue weighted by Crippen LogP contribution is -2.42. The number of aryl methyl sites for hydroxylation is 1. The van der Waals surface area contributed by atoms with Crippen LogP contribution in [0.5, 0.6) is 0 Å². The number of hydrogen-bond acceptors (Lipinski definition) is 5. The average molecular weight is 419 g/mol. The third-order valence-corrected chi connectivity index (χ3v) is 5.25. The highest BCUT2D eigenvalue weighted by molar-refractivity contribution is 5.97. The number of β-amino-alcohol motifs (C(OH)–C–C–N with tert-alkyl or cyclic N) is 1. The second kappa shape index (κ2) is 9.57. The molecule has 160 valence electrons. The molecule has 0 spiro atoms. The number of oxazole rings is 1. The zero-order chi connectivity index (χ0) is 21.6. The number of rotatable bonds is 6. The van der Waals surface area contributed by atoms with Crippen LogP contribution in [0.1, 0.15) is 35.5 Å². The van der Waals surface area contributed by atoms with E-state index in [0.29, 0.717) is 42.4 Å². The quantitative estimate of drug-likeness (QED) is 0.637. The molecule has 1 atom stereocenters. The van der Waals surface area contributed by atoms with Crippen LogP contribution in [0, 0.1) is 0 Å². The summed E-state index contributed by atoms with van der Waals surface area (Å²) in [5.74, 6) is 0.854. The molecule has 1 aromatic heterocycles. The van der Waals surface area contributed by atoms with Crippen LogP contribution in [0.4, 0.5) is 5.69 Å². The molecule has 3 aromatic rings. The maximum Gasteiger partial charge on any atom is 0.254 e. The summed E-state index contributed by atoms with van der Waals surface area (Å²) in [5.41, 5.74) is 1.99. The number of aliphatic hydroxyl groups is 1. The van der Waals surface area contributed by atoms with E-state index in [1.165, 1.54) is 0 Å². The fraction of sp³-hybridized carbons (Fsp3) is 0.292. The van der Waals surface area contributed by atoms with Crippen molar-refractivity contribution in [3.8, 4) is 11.3 Å². The minimum atomic E-state index is -0.474. The Morgan fingerprint density at radius 3 is 2.81 bits per heavy atom. The molecule has 2 heterocycles. The Morgan fingerprint density at radius 2 is 2.00 bits per heavy atom. The first-order valence-electron chi connectivity index (χ1n) is 10.5. The molecule has 2 amide bonds. The molecule has 1 aliphatic heterocycles. The van der Waals surface area contributed by atoms with Gasteiger partial charge in [0.15, 0.2) is 11.7 Å². The number of carbonyl (C=O) groups excluding carboxylic acids is 2. The second-order valence-corrected chi connectivity index (χ2v) is 7.66. The number of carbonyl (C=O) groups is 2. The zero-order valence-electron chi connectivity index (χ0n) is 17.2. The number of likely N-dealkylation sites (tertiary alicyclic amines) is 1. The lowest BCUT2D eigenvalue weighted by atomic mass is 10.1. The predicted molar refractivity (Wildman–Crippen MR) is 116 cm³/mol. The second-order valence-electron chi connectivity index (χ2n) is 7.66. The van der Waals surface area contributed by atoms with Gasteiger partial charge in [0.1, 0.15) is 0 Å². The van der Waals surface area contributed by atoms with Crippen molar-refractivity contribution < 1.29 is 19.1 Å². The van der Waals surface area contributed by atoms with Crippen molar-refractivity contribution in [3.05, 3.63) is 72.2 Å². The van der Waals surface area contributed by atoms with E-state index in [2.05, 4.69) is 10.3 Å². The molecule has 1 saturated heterocycles. The van der Waals surface area contributed by atoms with E-state index in [1.54, 1.807) is 35.4 Å². The van der Waals surface area contributed by atoms with E-state index in [0.717, 1.165) is 18.4 Å². The third kappa shape index (κ3) is 5.38. The maximum atomic E-state index is 12.7. The van der Waals surface area contributed by atoms with Gasteiger partial charge in [-0.2, -0.15) is 0 Å². The van der Waals surface area contributed by atoms with Gasteiger partial charge < -0.3 is 19.7 Å². The fourth-order valence-corrected chi connectivity index (χ4v) is 3.66. The highest BCUT2D eigenvalue weighted by atomic mass is 16.4. The van der Waals surface area contributed by atoms with E-state index in [-0.39, 0.29) is 18.2 Å². The van der Waals surface area contributed by atoms with Gasteiger partial charge in [-0.05, 0) is 31.0 Å². The minimum absolute atomic E-state index is 0.136. The Kier molecular flexibility index (Phi) is 6.43. The Bertz CT molecular complexity index is 1050. The Hall–Kier alpha value is -3.45. The van der Waals surface area contributed by atoms with Gasteiger partial charge in [-0.25, -0.2) is 4.98 Å². The van der Waals surface area contributed by atoms with Gasteiger partial charge in [-0.3, -0.25) is 9.59 Å². The molecule has 0 radical (unpaired) electrons. The molecule has 0 saturated carbocycles. The Labute approximate surface area is 180 Å². The molecule has 7 heteroatoms. The molecule has 0 aliphatic carbocycles. The molecule has 7 nitrogen and oxygen atoms in total. The summed E-state index contributed by atoms with van der Waals surface area (Å²) in [4.78, 5) is 31.0.